The van der Waals surface area contributed by atoms with Gasteiger partial charge in [-0.3, -0.25) is 10.2 Å². The SMILES string of the molecule is CS(=O)(=O)C1CCC(C2CCC3CCN(CC4CCCS4)C3N2)CC1. The van der Waals surface area contributed by atoms with E-state index in [4.69, 9.17) is 0 Å². The van der Waals surface area contributed by atoms with E-state index in [9.17, 15) is 8.42 Å². The van der Waals surface area contributed by atoms with Crippen LogP contribution in [0, 0.1) is 11.8 Å². The van der Waals surface area contributed by atoms with Gasteiger partial charge in [-0.05, 0) is 75.4 Å². The van der Waals surface area contributed by atoms with E-state index in [1.165, 1.54) is 57.2 Å². The molecule has 4 fully saturated rings. The van der Waals surface area contributed by atoms with Gasteiger partial charge >= 0.3 is 0 Å². The lowest BCUT2D eigenvalue weighted by Gasteiger charge is -2.43. The molecule has 0 aromatic carbocycles. The average Bonchev–Trinajstić information content (AvgIpc) is 3.24. The number of likely N-dealkylation sites (tertiary alicyclic amines) is 1. The molecule has 0 radical (unpaired) electrons. The van der Waals surface area contributed by atoms with Crippen molar-refractivity contribution in [2.75, 3.05) is 25.1 Å². The predicted molar refractivity (Wildman–Crippen MR) is 106 cm³/mol. The van der Waals surface area contributed by atoms with Gasteiger partial charge in [0.2, 0.25) is 0 Å². The van der Waals surface area contributed by atoms with Gasteiger partial charge in [0.1, 0.15) is 9.84 Å². The highest BCUT2D eigenvalue weighted by molar-refractivity contribution is 8.00. The van der Waals surface area contributed by atoms with E-state index in [1.807, 2.05) is 0 Å². The highest BCUT2D eigenvalue weighted by Gasteiger charge is 2.42. The van der Waals surface area contributed by atoms with Gasteiger partial charge in [0.15, 0.2) is 0 Å². The predicted octanol–water partition coefficient (Wildman–Crippen LogP) is 2.89. The Balaban J connectivity index is 1.32. The Kier molecular flexibility index (Phi) is 5.71. The van der Waals surface area contributed by atoms with Crippen LogP contribution in [0.2, 0.25) is 0 Å². The molecule has 3 saturated heterocycles. The lowest BCUT2D eigenvalue weighted by Crippen LogP contribution is -2.56. The van der Waals surface area contributed by atoms with Gasteiger partial charge in [-0.2, -0.15) is 11.8 Å². The fourth-order valence-electron chi connectivity index (χ4n) is 5.71. The summed E-state index contributed by atoms with van der Waals surface area (Å²) in [6.45, 7) is 2.54. The number of piperidine rings is 1. The molecule has 0 bridgehead atoms. The van der Waals surface area contributed by atoms with Gasteiger partial charge < -0.3 is 0 Å². The van der Waals surface area contributed by atoms with Crippen molar-refractivity contribution in [3.05, 3.63) is 0 Å². The minimum absolute atomic E-state index is 0.0811. The molecule has 3 aliphatic heterocycles. The van der Waals surface area contributed by atoms with Gasteiger partial charge in [0, 0.05) is 30.6 Å². The molecule has 4 rings (SSSR count). The van der Waals surface area contributed by atoms with Crippen LogP contribution in [0.4, 0.5) is 0 Å². The van der Waals surface area contributed by atoms with Gasteiger partial charge in [0.25, 0.3) is 0 Å². The largest absolute Gasteiger partial charge is 0.298 e. The quantitative estimate of drug-likeness (QED) is 0.805. The Morgan fingerprint density at radius 3 is 2.44 bits per heavy atom. The third-order valence-corrected chi connectivity index (χ3v) is 10.3. The maximum atomic E-state index is 11.8. The zero-order chi connectivity index (χ0) is 17.4. The number of thioether (sulfide) groups is 1. The summed E-state index contributed by atoms with van der Waals surface area (Å²) in [6.07, 6.45) is 12.7. The lowest BCUT2D eigenvalue weighted by atomic mass is 9.78. The Morgan fingerprint density at radius 2 is 1.76 bits per heavy atom. The van der Waals surface area contributed by atoms with Crippen LogP contribution in [-0.2, 0) is 9.84 Å². The standard InChI is InChI=1S/C19H34N2O2S2/c1-25(22,23)17-7-4-14(5-8-17)18-9-6-15-10-11-21(19(15)20-18)13-16-3-2-12-24-16/h14-20H,2-13H2,1H3. The topological polar surface area (TPSA) is 49.4 Å². The van der Waals surface area contributed by atoms with E-state index in [0.717, 1.165) is 36.9 Å². The second-order valence-electron chi connectivity index (χ2n) is 8.84. The number of fused-ring (bicyclic) bond motifs is 1. The smallest absolute Gasteiger partial charge is 0.150 e. The molecule has 0 aromatic heterocycles. The van der Waals surface area contributed by atoms with Crippen LogP contribution < -0.4 is 5.32 Å². The van der Waals surface area contributed by atoms with Crippen molar-refractivity contribution in [3.8, 4) is 0 Å². The highest BCUT2D eigenvalue weighted by Crippen LogP contribution is 2.39. The van der Waals surface area contributed by atoms with E-state index in [2.05, 4.69) is 22.0 Å². The Morgan fingerprint density at radius 1 is 1.00 bits per heavy atom. The van der Waals surface area contributed by atoms with E-state index < -0.39 is 9.84 Å². The molecular weight excluding hydrogens is 352 g/mol. The van der Waals surface area contributed by atoms with Crippen LogP contribution in [-0.4, -0.2) is 61.1 Å². The first-order valence-corrected chi connectivity index (χ1v) is 13.3. The van der Waals surface area contributed by atoms with Crippen LogP contribution in [0.3, 0.4) is 0 Å². The molecule has 4 unspecified atom stereocenters. The molecule has 4 aliphatic rings. The third kappa shape index (κ3) is 4.22. The van der Waals surface area contributed by atoms with E-state index in [-0.39, 0.29) is 5.25 Å². The van der Waals surface area contributed by atoms with Gasteiger partial charge in [-0.1, -0.05) is 0 Å². The molecule has 1 saturated carbocycles. The van der Waals surface area contributed by atoms with Crippen LogP contribution in [0.25, 0.3) is 0 Å². The number of nitrogens with one attached hydrogen (secondary N) is 1. The third-order valence-electron chi connectivity index (χ3n) is 7.22. The van der Waals surface area contributed by atoms with Crippen molar-refractivity contribution in [3.63, 3.8) is 0 Å². The maximum absolute atomic E-state index is 11.8. The average molecular weight is 387 g/mol. The summed E-state index contributed by atoms with van der Waals surface area (Å²) in [5.74, 6) is 2.88. The van der Waals surface area contributed by atoms with Gasteiger partial charge in [0.05, 0.1) is 11.4 Å². The summed E-state index contributed by atoms with van der Waals surface area (Å²) < 4.78 is 23.6. The monoisotopic (exact) mass is 386 g/mol. The second-order valence-corrected chi connectivity index (χ2v) is 12.6. The van der Waals surface area contributed by atoms with Crippen molar-refractivity contribution in [1.29, 1.82) is 0 Å². The first-order chi connectivity index (χ1) is 12.0. The Hall–Kier alpha value is 0.220. The fraction of sp³-hybridized carbons (Fsp3) is 1.00. The molecular formula is C19H34N2O2S2. The molecule has 1 aliphatic carbocycles. The van der Waals surface area contributed by atoms with Crippen molar-refractivity contribution >= 4 is 21.6 Å². The van der Waals surface area contributed by atoms with Crippen molar-refractivity contribution in [2.45, 2.75) is 80.5 Å². The minimum atomic E-state index is -2.85. The number of sulfone groups is 1. The number of hydrogen-bond donors (Lipinski definition) is 1. The Labute approximate surface area is 157 Å². The van der Waals surface area contributed by atoms with E-state index >= 15 is 0 Å². The van der Waals surface area contributed by atoms with Gasteiger partial charge in [-0.25, -0.2) is 8.42 Å². The first-order valence-electron chi connectivity index (χ1n) is 10.3. The van der Waals surface area contributed by atoms with Crippen LogP contribution >= 0.6 is 11.8 Å². The summed E-state index contributed by atoms with van der Waals surface area (Å²) in [5, 5.41) is 4.80. The van der Waals surface area contributed by atoms with Crippen molar-refractivity contribution in [2.24, 2.45) is 11.8 Å². The molecule has 0 spiro atoms. The summed E-state index contributed by atoms with van der Waals surface area (Å²) >= 11 is 2.17. The summed E-state index contributed by atoms with van der Waals surface area (Å²) in [6, 6.07) is 0.610. The molecule has 25 heavy (non-hydrogen) atoms. The number of nitrogens with zero attached hydrogens (tertiary/aromatic N) is 1. The molecule has 144 valence electrons. The second kappa shape index (κ2) is 7.69. The van der Waals surface area contributed by atoms with Crippen LogP contribution in [0.15, 0.2) is 0 Å². The zero-order valence-corrected chi connectivity index (χ0v) is 17.2. The van der Waals surface area contributed by atoms with E-state index in [0.29, 0.717) is 18.1 Å². The summed E-state index contributed by atoms with van der Waals surface area (Å²) in [4.78, 5) is 2.74. The van der Waals surface area contributed by atoms with Crippen LogP contribution in [0.1, 0.15) is 57.8 Å². The van der Waals surface area contributed by atoms with E-state index in [1.54, 1.807) is 0 Å². The molecule has 1 N–H and O–H groups in total. The summed E-state index contributed by atoms with van der Waals surface area (Å²) in [7, 11) is -2.85. The lowest BCUT2D eigenvalue weighted by molar-refractivity contribution is 0.102. The normalized spacial score (nSPS) is 43.2. The van der Waals surface area contributed by atoms with Gasteiger partial charge in [-0.15, -0.1) is 0 Å². The molecule has 0 amide bonds. The molecule has 3 heterocycles. The maximum Gasteiger partial charge on any atom is 0.150 e. The first kappa shape index (κ1) is 18.6. The minimum Gasteiger partial charge on any atom is -0.298 e. The van der Waals surface area contributed by atoms with Crippen molar-refractivity contribution < 1.29 is 8.42 Å². The Bertz CT molecular complexity index is 554. The highest BCUT2D eigenvalue weighted by atomic mass is 32.2. The zero-order valence-electron chi connectivity index (χ0n) is 15.5. The molecule has 4 atom stereocenters. The van der Waals surface area contributed by atoms with Crippen molar-refractivity contribution in [1.82, 2.24) is 10.2 Å². The fourth-order valence-corrected chi connectivity index (χ4v) is 8.14. The van der Waals surface area contributed by atoms with Crippen LogP contribution in [0.5, 0.6) is 0 Å². The molecule has 6 heteroatoms. The summed E-state index contributed by atoms with van der Waals surface area (Å²) in [5.41, 5.74) is 0. The molecule has 0 aromatic rings. The number of hydrogen-bond acceptors (Lipinski definition) is 5. The number of rotatable bonds is 4. The molecule has 4 nitrogen and oxygen atoms in total.